The van der Waals surface area contributed by atoms with E-state index in [1.165, 1.54) is 0 Å². The van der Waals surface area contributed by atoms with E-state index in [1.807, 2.05) is 6.92 Å². The van der Waals surface area contributed by atoms with Gasteiger partial charge in [-0.3, -0.25) is 9.20 Å². The third-order valence-corrected chi connectivity index (χ3v) is 2.28. The van der Waals surface area contributed by atoms with Crippen LogP contribution < -0.4 is 11.1 Å². The second-order valence-electron chi connectivity index (χ2n) is 2.72. The van der Waals surface area contributed by atoms with E-state index in [1.54, 1.807) is 13.3 Å². The molecule has 0 aliphatic rings. The smallest absolute Gasteiger partial charge is 0.188 e. The Morgan fingerprint density at radius 2 is 2.33 bits per heavy atom. The number of rotatable bonds is 4. The second-order valence-corrected chi connectivity index (χ2v) is 4.27. The minimum absolute atomic E-state index is 0.234. The highest BCUT2D eigenvalue weighted by molar-refractivity contribution is 7.84. The molecule has 0 fully saturated rings. The van der Waals surface area contributed by atoms with Crippen molar-refractivity contribution in [3.63, 3.8) is 0 Å². The lowest BCUT2D eigenvalue weighted by Crippen LogP contribution is -2.38. The molecule has 0 aromatic carbocycles. The molecule has 0 saturated heterocycles. The topological polar surface area (TPSA) is 67.5 Å². The number of hydrogen-bond acceptors (Lipinski definition) is 2. The Morgan fingerprint density at radius 3 is 2.75 bits per heavy atom. The molecule has 12 heavy (non-hydrogen) atoms. The summed E-state index contributed by atoms with van der Waals surface area (Å²) in [6.07, 6.45) is 2.54. The molecule has 0 aromatic heterocycles. The van der Waals surface area contributed by atoms with Crippen molar-refractivity contribution in [1.29, 1.82) is 0 Å². The van der Waals surface area contributed by atoms with E-state index in [0.717, 1.165) is 6.42 Å². The summed E-state index contributed by atoms with van der Waals surface area (Å²) in [6.45, 7) is 1.99. The van der Waals surface area contributed by atoms with Gasteiger partial charge in [0.25, 0.3) is 0 Å². The molecule has 4 nitrogen and oxygen atoms in total. The fourth-order valence-corrected chi connectivity index (χ4v) is 1.42. The zero-order valence-electron chi connectivity index (χ0n) is 7.83. The van der Waals surface area contributed by atoms with E-state index in [-0.39, 0.29) is 6.04 Å². The zero-order valence-corrected chi connectivity index (χ0v) is 8.65. The predicted molar refractivity (Wildman–Crippen MR) is 53.7 cm³/mol. The van der Waals surface area contributed by atoms with Gasteiger partial charge in [-0.2, -0.15) is 0 Å². The molecule has 0 rings (SSSR count). The first-order valence-corrected chi connectivity index (χ1v) is 5.57. The normalized spacial score (nSPS) is 17.1. The van der Waals surface area contributed by atoms with Crippen molar-refractivity contribution in [3.8, 4) is 0 Å². The Hall–Kier alpha value is -0.580. The average molecular weight is 191 g/mol. The van der Waals surface area contributed by atoms with Crippen LogP contribution in [0.2, 0.25) is 0 Å². The Bertz CT molecular complexity index is 181. The van der Waals surface area contributed by atoms with E-state index in [9.17, 15) is 4.21 Å². The van der Waals surface area contributed by atoms with Crippen molar-refractivity contribution in [3.05, 3.63) is 0 Å². The molecule has 0 aromatic rings. The molecule has 72 valence electrons. The van der Waals surface area contributed by atoms with Gasteiger partial charge in [-0.15, -0.1) is 0 Å². The highest BCUT2D eigenvalue weighted by atomic mass is 32.2. The van der Waals surface area contributed by atoms with Gasteiger partial charge in [0.2, 0.25) is 0 Å². The number of guanidine groups is 1. The predicted octanol–water partition coefficient (Wildman–Crippen LogP) is -0.322. The minimum Gasteiger partial charge on any atom is -0.370 e. The zero-order chi connectivity index (χ0) is 9.56. The summed E-state index contributed by atoms with van der Waals surface area (Å²) in [6, 6.07) is 0.234. The maximum absolute atomic E-state index is 10.7. The lowest BCUT2D eigenvalue weighted by atomic mass is 10.3. The minimum atomic E-state index is -0.724. The van der Waals surface area contributed by atoms with E-state index >= 15 is 0 Å². The first-order chi connectivity index (χ1) is 5.56. The first kappa shape index (κ1) is 11.4. The number of nitrogens with one attached hydrogen (secondary N) is 1. The van der Waals surface area contributed by atoms with Crippen LogP contribution >= 0.6 is 0 Å². The van der Waals surface area contributed by atoms with Crippen molar-refractivity contribution in [2.45, 2.75) is 19.4 Å². The third-order valence-electron chi connectivity index (χ3n) is 1.47. The first-order valence-electron chi connectivity index (χ1n) is 3.85. The van der Waals surface area contributed by atoms with Crippen LogP contribution in [-0.2, 0) is 10.8 Å². The Kier molecular flexibility index (Phi) is 5.70. The molecule has 3 N–H and O–H groups in total. The summed E-state index contributed by atoms with van der Waals surface area (Å²) in [7, 11) is 0.908. The van der Waals surface area contributed by atoms with Crippen LogP contribution in [0.5, 0.6) is 0 Å². The molecule has 0 aliphatic heterocycles. The molecule has 0 bridgehead atoms. The Labute approximate surface area is 76.1 Å². The molecule has 0 amide bonds. The van der Waals surface area contributed by atoms with Crippen LogP contribution in [0, 0.1) is 0 Å². The maximum atomic E-state index is 10.7. The van der Waals surface area contributed by atoms with E-state index in [4.69, 9.17) is 5.73 Å². The van der Waals surface area contributed by atoms with Gasteiger partial charge in [-0.05, 0) is 13.3 Å². The number of nitrogens with zero attached hydrogens (tertiary/aromatic N) is 1. The van der Waals surface area contributed by atoms with Gasteiger partial charge in [-0.1, -0.05) is 0 Å². The Balaban J connectivity index is 3.59. The van der Waals surface area contributed by atoms with Gasteiger partial charge in [-0.25, -0.2) is 0 Å². The number of aliphatic imine (C=N–C) groups is 1. The van der Waals surface area contributed by atoms with Crippen LogP contribution in [0.1, 0.15) is 13.3 Å². The number of nitrogens with two attached hydrogens (primary N) is 1. The molecular formula is C7H17N3OS. The molecule has 0 aliphatic carbocycles. The summed E-state index contributed by atoms with van der Waals surface area (Å²) >= 11 is 0. The van der Waals surface area contributed by atoms with Crippen molar-refractivity contribution in [2.24, 2.45) is 10.7 Å². The number of hydrogen-bond donors (Lipinski definition) is 2. The highest BCUT2D eigenvalue weighted by Crippen LogP contribution is 1.91. The van der Waals surface area contributed by atoms with Gasteiger partial charge < -0.3 is 11.1 Å². The van der Waals surface area contributed by atoms with Gasteiger partial charge in [0, 0.05) is 35.9 Å². The lowest BCUT2D eigenvalue weighted by Gasteiger charge is -2.12. The monoisotopic (exact) mass is 191 g/mol. The molecule has 0 spiro atoms. The van der Waals surface area contributed by atoms with Gasteiger partial charge in [0.1, 0.15) is 0 Å². The summed E-state index contributed by atoms with van der Waals surface area (Å²) in [5.74, 6) is 1.13. The quantitative estimate of drug-likeness (QED) is 0.472. The summed E-state index contributed by atoms with van der Waals surface area (Å²) in [4.78, 5) is 3.76. The van der Waals surface area contributed by atoms with E-state index in [2.05, 4.69) is 10.3 Å². The molecule has 0 radical (unpaired) electrons. The van der Waals surface area contributed by atoms with Crippen LogP contribution in [0.3, 0.4) is 0 Å². The van der Waals surface area contributed by atoms with Gasteiger partial charge >= 0.3 is 0 Å². The van der Waals surface area contributed by atoms with Crippen LogP contribution in [0.4, 0.5) is 0 Å². The standard InChI is InChI=1S/C7H17N3OS/c1-6(4-5-12(3)11)10-7(8)9-2/h6H,4-5H2,1-3H3,(H3,8,9,10). The largest absolute Gasteiger partial charge is 0.370 e. The lowest BCUT2D eigenvalue weighted by molar-refractivity contribution is 0.631. The van der Waals surface area contributed by atoms with Crippen LogP contribution in [0.25, 0.3) is 0 Å². The van der Waals surface area contributed by atoms with E-state index < -0.39 is 10.8 Å². The molecule has 2 unspecified atom stereocenters. The second kappa shape index (κ2) is 5.99. The van der Waals surface area contributed by atoms with Crippen molar-refractivity contribution in [2.75, 3.05) is 19.1 Å². The van der Waals surface area contributed by atoms with Crippen molar-refractivity contribution >= 4 is 16.8 Å². The van der Waals surface area contributed by atoms with E-state index in [0.29, 0.717) is 11.7 Å². The fourth-order valence-electron chi connectivity index (χ4n) is 0.732. The molecular weight excluding hydrogens is 174 g/mol. The van der Waals surface area contributed by atoms with Crippen LogP contribution in [0.15, 0.2) is 4.99 Å². The van der Waals surface area contributed by atoms with Crippen LogP contribution in [-0.4, -0.2) is 35.3 Å². The highest BCUT2D eigenvalue weighted by Gasteiger charge is 2.02. The average Bonchev–Trinajstić information content (AvgIpc) is 2.00. The SMILES string of the molecule is CN=C(N)NC(C)CCS(C)=O. The fraction of sp³-hybridized carbons (Fsp3) is 0.857. The van der Waals surface area contributed by atoms with Gasteiger partial charge in [0.15, 0.2) is 5.96 Å². The molecule has 5 heteroatoms. The van der Waals surface area contributed by atoms with Gasteiger partial charge in [0.05, 0.1) is 0 Å². The molecule has 0 heterocycles. The third kappa shape index (κ3) is 6.15. The molecule has 2 atom stereocenters. The van der Waals surface area contributed by atoms with Crippen molar-refractivity contribution in [1.82, 2.24) is 5.32 Å². The maximum Gasteiger partial charge on any atom is 0.188 e. The Morgan fingerprint density at radius 1 is 1.75 bits per heavy atom. The van der Waals surface area contributed by atoms with Crippen molar-refractivity contribution < 1.29 is 4.21 Å². The molecule has 0 saturated carbocycles. The summed E-state index contributed by atoms with van der Waals surface area (Å²) in [5, 5.41) is 2.98. The summed E-state index contributed by atoms with van der Waals surface area (Å²) < 4.78 is 10.7. The summed E-state index contributed by atoms with van der Waals surface area (Å²) in [5.41, 5.74) is 5.44.